The van der Waals surface area contributed by atoms with E-state index in [1.807, 2.05) is 33.8 Å². The maximum absolute atomic E-state index is 11.0. The zero-order valence-corrected chi connectivity index (χ0v) is 18.6. The van der Waals surface area contributed by atoms with Crippen LogP contribution in [0.25, 0.3) is 0 Å². The van der Waals surface area contributed by atoms with Crippen molar-refractivity contribution in [2.24, 2.45) is 11.8 Å². The molecule has 0 aromatic carbocycles. The molecule has 1 N–H and O–H groups in total. The maximum atomic E-state index is 11.0. The molecule has 0 aromatic rings. The van der Waals surface area contributed by atoms with E-state index < -0.39 is 0 Å². The summed E-state index contributed by atoms with van der Waals surface area (Å²) in [7, 11) is 0. The first-order valence-electron chi connectivity index (χ1n) is 10.0. The van der Waals surface area contributed by atoms with Gasteiger partial charge in [0.25, 0.3) is 0 Å². The van der Waals surface area contributed by atoms with Gasteiger partial charge in [-0.2, -0.15) is 12.6 Å². The first kappa shape index (κ1) is 23.0. The molecule has 0 bridgehead atoms. The molecular formula is C23H38O2S. The lowest BCUT2D eigenvalue weighted by molar-refractivity contribution is 0.143. The molecule has 2 nitrogen and oxygen atoms in total. The van der Waals surface area contributed by atoms with Crippen molar-refractivity contribution in [3.8, 4) is 0 Å². The zero-order chi connectivity index (χ0) is 19.9. The van der Waals surface area contributed by atoms with E-state index in [4.69, 9.17) is 17.4 Å². The highest BCUT2D eigenvalue weighted by atomic mass is 32.1. The molecule has 0 spiro atoms. The molecule has 0 saturated heterocycles. The minimum Gasteiger partial charge on any atom is -0.508 e. The predicted molar refractivity (Wildman–Crippen MR) is 117 cm³/mol. The second kappa shape index (κ2) is 10.9. The average molecular weight is 379 g/mol. The van der Waals surface area contributed by atoms with Gasteiger partial charge in [-0.25, -0.2) is 0 Å². The van der Waals surface area contributed by atoms with Crippen molar-refractivity contribution in [2.75, 3.05) is 0 Å². The van der Waals surface area contributed by atoms with Gasteiger partial charge < -0.3 is 9.84 Å². The Morgan fingerprint density at radius 2 is 2.00 bits per heavy atom. The summed E-state index contributed by atoms with van der Waals surface area (Å²) < 4.78 is 5.97. The Labute approximate surface area is 166 Å². The van der Waals surface area contributed by atoms with Crippen molar-refractivity contribution in [3.63, 3.8) is 0 Å². The van der Waals surface area contributed by atoms with Gasteiger partial charge in [0, 0.05) is 16.7 Å². The molecule has 0 saturated carbocycles. The second-order valence-electron chi connectivity index (χ2n) is 7.70. The van der Waals surface area contributed by atoms with Crippen LogP contribution < -0.4 is 0 Å². The second-order valence-corrected chi connectivity index (χ2v) is 8.30. The van der Waals surface area contributed by atoms with Gasteiger partial charge in [-0.1, -0.05) is 44.4 Å². The van der Waals surface area contributed by atoms with Crippen molar-refractivity contribution in [1.29, 1.82) is 0 Å². The quantitative estimate of drug-likeness (QED) is 0.146. The van der Waals surface area contributed by atoms with Crippen LogP contribution >= 0.6 is 12.6 Å². The lowest BCUT2D eigenvalue weighted by atomic mass is 9.91. The van der Waals surface area contributed by atoms with E-state index in [1.54, 1.807) is 0 Å². The van der Waals surface area contributed by atoms with Gasteiger partial charge in [0.2, 0.25) is 0 Å². The number of ether oxygens (including phenoxy) is 1. The molecule has 1 aliphatic rings. The monoisotopic (exact) mass is 378 g/mol. The normalized spacial score (nSPS) is 25.4. The molecule has 3 heteroatoms. The summed E-state index contributed by atoms with van der Waals surface area (Å²) in [5, 5.41) is 11.2. The van der Waals surface area contributed by atoms with Gasteiger partial charge in [-0.3, -0.25) is 0 Å². The molecule has 0 fully saturated rings. The topological polar surface area (TPSA) is 29.5 Å². The summed E-state index contributed by atoms with van der Waals surface area (Å²) >= 11 is 4.85. The Balaban J connectivity index is 3.22. The molecule has 1 aliphatic carbocycles. The summed E-state index contributed by atoms with van der Waals surface area (Å²) in [6.45, 7) is 14.6. The van der Waals surface area contributed by atoms with Crippen LogP contribution in [-0.2, 0) is 4.74 Å². The van der Waals surface area contributed by atoms with Crippen molar-refractivity contribution < 1.29 is 9.84 Å². The van der Waals surface area contributed by atoms with Crippen molar-refractivity contribution in [2.45, 2.75) is 85.5 Å². The first-order valence-corrected chi connectivity index (χ1v) is 10.5. The third-order valence-electron chi connectivity index (χ3n) is 5.20. The Hall–Kier alpha value is -1.09. The van der Waals surface area contributed by atoms with E-state index in [0.29, 0.717) is 11.7 Å². The average Bonchev–Trinajstić information content (AvgIpc) is 2.81. The molecule has 148 valence electrons. The number of thiol groups is 1. The zero-order valence-electron chi connectivity index (χ0n) is 17.7. The van der Waals surface area contributed by atoms with Gasteiger partial charge >= 0.3 is 0 Å². The predicted octanol–water partition coefficient (Wildman–Crippen LogP) is 7.16. The van der Waals surface area contributed by atoms with E-state index in [9.17, 15) is 5.11 Å². The van der Waals surface area contributed by atoms with Gasteiger partial charge in [0.05, 0.1) is 6.10 Å². The van der Waals surface area contributed by atoms with Crippen LogP contribution in [0.2, 0.25) is 0 Å². The Kier molecular flexibility index (Phi) is 9.63. The standard InChI is InChI=1S/C23H38O2S/c1-8-10-11-12-19(9-2)14-21(24)22(18(7)25-15(3)4)20-13-16(5)17(6)23(20)26/h9,13-15,17,20,23-24,26H,8,10-12H2,1-7H3/b19-9-,21-14+,22-18+. The maximum Gasteiger partial charge on any atom is 0.123 e. The smallest absolute Gasteiger partial charge is 0.123 e. The van der Waals surface area contributed by atoms with Crippen molar-refractivity contribution >= 4 is 12.6 Å². The summed E-state index contributed by atoms with van der Waals surface area (Å²) in [5.41, 5.74) is 3.37. The lowest BCUT2D eigenvalue weighted by Crippen LogP contribution is -2.20. The molecule has 1 rings (SSSR count). The number of allylic oxidation sites excluding steroid dienone is 7. The van der Waals surface area contributed by atoms with Crippen LogP contribution in [-0.4, -0.2) is 16.5 Å². The van der Waals surface area contributed by atoms with E-state index in [2.05, 4.69) is 32.9 Å². The van der Waals surface area contributed by atoms with Crippen LogP contribution in [0.1, 0.15) is 74.1 Å². The molecule has 0 aliphatic heterocycles. The van der Waals surface area contributed by atoms with Crippen LogP contribution in [0.5, 0.6) is 0 Å². The highest BCUT2D eigenvalue weighted by molar-refractivity contribution is 7.81. The number of aliphatic hydroxyl groups is 1. The van der Waals surface area contributed by atoms with Crippen molar-refractivity contribution in [1.82, 2.24) is 0 Å². The van der Waals surface area contributed by atoms with E-state index in [0.717, 1.165) is 24.2 Å². The molecule has 0 radical (unpaired) electrons. The van der Waals surface area contributed by atoms with E-state index in [-0.39, 0.29) is 17.3 Å². The van der Waals surface area contributed by atoms with E-state index >= 15 is 0 Å². The fourth-order valence-electron chi connectivity index (χ4n) is 3.50. The molecular weight excluding hydrogens is 340 g/mol. The first-order chi connectivity index (χ1) is 12.2. The minimum absolute atomic E-state index is 0.0667. The minimum atomic E-state index is 0.0667. The summed E-state index contributed by atoms with van der Waals surface area (Å²) in [5.74, 6) is 1.57. The van der Waals surface area contributed by atoms with Crippen LogP contribution in [0.15, 0.2) is 46.5 Å². The summed E-state index contributed by atoms with van der Waals surface area (Å²) in [6.07, 6.45) is 10.9. The van der Waals surface area contributed by atoms with Crippen LogP contribution in [0.4, 0.5) is 0 Å². The van der Waals surface area contributed by atoms with Gasteiger partial charge in [-0.05, 0) is 65.0 Å². The molecule has 3 atom stereocenters. The van der Waals surface area contributed by atoms with Gasteiger partial charge in [-0.15, -0.1) is 0 Å². The molecule has 0 aromatic heterocycles. The summed E-state index contributed by atoms with van der Waals surface area (Å²) in [4.78, 5) is 0. The third kappa shape index (κ3) is 6.26. The van der Waals surface area contributed by atoms with Crippen LogP contribution in [0, 0.1) is 11.8 Å². The number of aliphatic hydroxyl groups excluding tert-OH is 1. The van der Waals surface area contributed by atoms with E-state index in [1.165, 1.54) is 24.0 Å². The SMILES string of the molecule is C\C=C(/C=C(O)\C(=C(/C)OC(C)C)C1C=C(C)C(C)C1S)CCCCC. The van der Waals surface area contributed by atoms with Gasteiger partial charge in [0.15, 0.2) is 0 Å². The van der Waals surface area contributed by atoms with Gasteiger partial charge in [0.1, 0.15) is 11.5 Å². The Morgan fingerprint density at radius 3 is 2.46 bits per heavy atom. The number of hydrogen-bond acceptors (Lipinski definition) is 3. The Bertz CT molecular complexity index is 581. The third-order valence-corrected chi connectivity index (χ3v) is 5.97. The molecule has 0 heterocycles. The summed E-state index contributed by atoms with van der Waals surface area (Å²) in [6, 6.07) is 0. The molecule has 26 heavy (non-hydrogen) atoms. The fourth-order valence-corrected chi connectivity index (χ4v) is 3.97. The van der Waals surface area contributed by atoms with Crippen LogP contribution in [0.3, 0.4) is 0 Å². The fraction of sp³-hybridized carbons (Fsp3) is 0.652. The largest absolute Gasteiger partial charge is 0.508 e. The lowest BCUT2D eigenvalue weighted by Gasteiger charge is -2.24. The number of unbranched alkanes of at least 4 members (excludes halogenated alkanes) is 2. The Morgan fingerprint density at radius 1 is 1.35 bits per heavy atom. The molecule has 3 unspecified atom stereocenters. The number of rotatable bonds is 9. The molecule has 0 amide bonds. The highest BCUT2D eigenvalue weighted by Gasteiger charge is 2.35. The highest BCUT2D eigenvalue weighted by Crippen LogP contribution is 2.41. The number of hydrogen-bond donors (Lipinski definition) is 2. The van der Waals surface area contributed by atoms with Crippen molar-refractivity contribution in [3.05, 3.63) is 46.5 Å².